The van der Waals surface area contributed by atoms with Gasteiger partial charge in [0.2, 0.25) is 10.0 Å². The number of unbranched alkanes of at least 4 members (excludes halogenated alkanes) is 2. The lowest BCUT2D eigenvalue weighted by atomic mass is 10.3. The Morgan fingerprint density at radius 1 is 1.35 bits per heavy atom. The molecule has 0 atom stereocenters. The van der Waals surface area contributed by atoms with E-state index in [1.165, 1.54) is 12.1 Å². The molecule has 0 radical (unpaired) electrons. The molecule has 1 aromatic rings. The molecule has 0 bridgehead atoms. The lowest BCUT2D eigenvalue weighted by Crippen LogP contribution is -2.12. The van der Waals surface area contributed by atoms with Crippen LogP contribution in [0.2, 0.25) is 0 Å². The number of halogens is 1. The molecule has 0 aliphatic heterocycles. The molecule has 4 nitrogen and oxygen atoms in total. The van der Waals surface area contributed by atoms with Crippen molar-refractivity contribution in [2.45, 2.75) is 31.1 Å². The Kier molecular flexibility index (Phi) is 5.42. The third-order valence-electron chi connectivity index (χ3n) is 2.24. The van der Waals surface area contributed by atoms with E-state index in [1.807, 2.05) is 0 Å². The SMILES string of the molecule is CCCCCOc1ccc(S(N)(=O)=O)cc1Br. The van der Waals surface area contributed by atoms with Gasteiger partial charge in [-0.25, -0.2) is 13.6 Å². The van der Waals surface area contributed by atoms with E-state index in [0.717, 1.165) is 19.3 Å². The van der Waals surface area contributed by atoms with Gasteiger partial charge in [0.15, 0.2) is 0 Å². The van der Waals surface area contributed by atoms with E-state index in [-0.39, 0.29) is 4.90 Å². The molecule has 96 valence electrons. The number of rotatable bonds is 6. The third kappa shape index (κ3) is 4.65. The van der Waals surface area contributed by atoms with Crippen molar-refractivity contribution in [3.8, 4) is 5.75 Å². The number of benzene rings is 1. The lowest BCUT2D eigenvalue weighted by Gasteiger charge is -2.08. The number of sulfonamides is 1. The lowest BCUT2D eigenvalue weighted by molar-refractivity contribution is 0.304. The summed E-state index contributed by atoms with van der Waals surface area (Å²) in [7, 11) is -3.66. The van der Waals surface area contributed by atoms with Gasteiger partial charge in [0.05, 0.1) is 16.0 Å². The van der Waals surface area contributed by atoms with Crippen LogP contribution in [0.25, 0.3) is 0 Å². The second-order valence-corrected chi connectivity index (χ2v) is 6.11. The monoisotopic (exact) mass is 321 g/mol. The van der Waals surface area contributed by atoms with Crippen molar-refractivity contribution in [2.75, 3.05) is 6.61 Å². The van der Waals surface area contributed by atoms with E-state index in [2.05, 4.69) is 22.9 Å². The van der Waals surface area contributed by atoms with Crippen LogP contribution < -0.4 is 9.88 Å². The van der Waals surface area contributed by atoms with Crippen molar-refractivity contribution in [3.05, 3.63) is 22.7 Å². The first-order chi connectivity index (χ1) is 7.95. The molecule has 0 unspecified atom stereocenters. The van der Waals surface area contributed by atoms with Crippen LogP contribution in [-0.4, -0.2) is 15.0 Å². The Balaban J connectivity index is 2.70. The van der Waals surface area contributed by atoms with E-state index < -0.39 is 10.0 Å². The van der Waals surface area contributed by atoms with E-state index in [1.54, 1.807) is 6.07 Å². The maximum absolute atomic E-state index is 11.1. The van der Waals surface area contributed by atoms with Gasteiger partial charge in [0.1, 0.15) is 5.75 Å². The Labute approximate surface area is 110 Å². The van der Waals surface area contributed by atoms with Crippen molar-refractivity contribution in [1.29, 1.82) is 0 Å². The average Bonchev–Trinajstić information content (AvgIpc) is 2.24. The van der Waals surface area contributed by atoms with Crippen molar-refractivity contribution in [3.63, 3.8) is 0 Å². The minimum Gasteiger partial charge on any atom is -0.492 e. The summed E-state index contributed by atoms with van der Waals surface area (Å²) in [5.41, 5.74) is 0. The molecule has 1 rings (SSSR count). The second-order valence-electron chi connectivity index (χ2n) is 3.69. The van der Waals surface area contributed by atoms with Gasteiger partial charge in [0.25, 0.3) is 0 Å². The molecule has 0 aliphatic carbocycles. The Morgan fingerprint density at radius 2 is 2.06 bits per heavy atom. The van der Waals surface area contributed by atoms with Gasteiger partial charge in [-0.1, -0.05) is 19.8 Å². The second kappa shape index (κ2) is 6.37. The first-order valence-corrected chi connectivity index (χ1v) is 7.74. The van der Waals surface area contributed by atoms with Gasteiger partial charge in [-0.05, 0) is 40.5 Å². The van der Waals surface area contributed by atoms with E-state index in [4.69, 9.17) is 9.88 Å². The summed E-state index contributed by atoms with van der Waals surface area (Å²) in [4.78, 5) is 0.0743. The van der Waals surface area contributed by atoms with Crippen LogP contribution in [-0.2, 0) is 10.0 Å². The molecule has 0 saturated carbocycles. The van der Waals surface area contributed by atoms with Crippen molar-refractivity contribution in [2.24, 2.45) is 5.14 Å². The molecule has 0 fully saturated rings. The topological polar surface area (TPSA) is 69.4 Å². The molecule has 0 spiro atoms. The fourth-order valence-electron chi connectivity index (χ4n) is 1.31. The quantitative estimate of drug-likeness (QED) is 0.819. The van der Waals surface area contributed by atoms with E-state index in [0.29, 0.717) is 16.8 Å². The summed E-state index contributed by atoms with van der Waals surface area (Å²) in [6.45, 7) is 2.75. The summed E-state index contributed by atoms with van der Waals surface area (Å²) in [6, 6.07) is 4.50. The number of hydrogen-bond donors (Lipinski definition) is 1. The predicted molar refractivity (Wildman–Crippen MR) is 70.5 cm³/mol. The molecule has 0 saturated heterocycles. The Morgan fingerprint density at radius 3 is 2.59 bits per heavy atom. The normalized spacial score (nSPS) is 11.5. The minimum absolute atomic E-state index is 0.0743. The molecule has 1 aromatic carbocycles. The van der Waals surface area contributed by atoms with Crippen LogP contribution in [0.4, 0.5) is 0 Å². The number of nitrogens with two attached hydrogens (primary N) is 1. The highest BCUT2D eigenvalue weighted by Gasteiger charge is 2.10. The van der Waals surface area contributed by atoms with Crippen molar-refractivity contribution in [1.82, 2.24) is 0 Å². The molecule has 0 amide bonds. The zero-order valence-electron chi connectivity index (χ0n) is 9.65. The molecular weight excluding hydrogens is 306 g/mol. The molecule has 0 heterocycles. The summed E-state index contributed by atoms with van der Waals surface area (Å²) in [5.74, 6) is 0.633. The maximum atomic E-state index is 11.1. The van der Waals surface area contributed by atoms with Gasteiger partial charge >= 0.3 is 0 Å². The Hall–Kier alpha value is -0.590. The number of ether oxygens (including phenoxy) is 1. The first-order valence-electron chi connectivity index (χ1n) is 5.40. The standard InChI is InChI=1S/C11H16BrNO3S/c1-2-3-4-7-16-11-6-5-9(8-10(11)12)17(13,14)15/h5-6,8H,2-4,7H2,1H3,(H2,13,14,15). The zero-order chi connectivity index (χ0) is 12.9. The molecule has 0 aromatic heterocycles. The average molecular weight is 322 g/mol. The molecule has 17 heavy (non-hydrogen) atoms. The van der Waals surface area contributed by atoms with E-state index in [9.17, 15) is 8.42 Å². The molecule has 2 N–H and O–H groups in total. The fourth-order valence-corrected chi connectivity index (χ4v) is 2.49. The van der Waals surface area contributed by atoms with Crippen LogP contribution in [0.15, 0.2) is 27.6 Å². The van der Waals surface area contributed by atoms with Crippen LogP contribution in [0.3, 0.4) is 0 Å². The Bertz CT molecular complexity index is 474. The zero-order valence-corrected chi connectivity index (χ0v) is 12.1. The van der Waals surface area contributed by atoms with Crippen molar-refractivity contribution >= 4 is 26.0 Å². The fraction of sp³-hybridized carbons (Fsp3) is 0.455. The highest BCUT2D eigenvalue weighted by Crippen LogP contribution is 2.27. The highest BCUT2D eigenvalue weighted by molar-refractivity contribution is 9.10. The van der Waals surface area contributed by atoms with Crippen LogP contribution in [0.1, 0.15) is 26.2 Å². The summed E-state index contributed by atoms with van der Waals surface area (Å²) >= 11 is 3.26. The smallest absolute Gasteiger partial charge is 0.238 e. The highest BCUT2D eigenvalue weighted by atomic mass is 79.9. The largest absolute Gasteiger partial charge is 0.492 e. The third-order valence-corrected chi connectivity index (χ3v) is 3.77. The maximum Gasteiger partial charge on any atom is 0.238 e. The van der Waals surface area contributed by atoms with Gasteiger partial charge in [-0.3, -0.25) is 0 Å². The predicted octanol–water partition coefficient (Wildman–Crippen LogP) is 2.67. The first kappa shape index (κ1) is 14.5. The minimum atomic E-state index is -3.66. The van der Waals surface area contributed by atoms with Crippen LogP contribution in [0.5, 0.6) is 5.75 Å². The van der Waals surface area contributed by atoms with E-state index >= 15 is 0 Å². The van der Waals surface area contributed by atoms with Crippen LogP contribution >= 0.6 is 15.9 Å². The summed E-state index contributed by atoms with van der Waals surface area (Å²) < 4.78 is 28.3. The molecule has 0 aliphatic rings. The number of hydrogen-bond acceptors (Lipinski definition) is 3. The van der Waals surface area contributed by atoms with Gasteiger partial charge in [-0.15, -0.1) is 0 Å². The van der Waals surface area contributed by atoms with Gasteiger partial charge < -0.3 is 4.74 Å². The summed E-state index contributed by atoms with van der Waals surface area (Å²) in [6.07, 6.45) is 3.24. The molecular formula is C11H16BrNO3S. The van der Waals surface area contributed by atoms with Crippen molar-refractivity contribution < 1.29 is 13.2 Å². The van der Waals surface area contributed by atoms with Gasteiger partial charge in [0, 0.05) is 0 Å². The number of primary sulfonamides is 1. The van der Waals surface area contributed by atoms with Gasteiger partial charge in [-0.2, -0.15) is 0 Å². The van der Waals surface area contributed by atoms with Crippen LogP contribution in [0, 0.1) is 0 Å². The summed E-state index contributed by atoms with van der Waals surface area (Å²) in [5, 5.41) is 5.03. The molecule has 6 heteroatoms.